The van der Waals surface area contributed by atoms with Gasteiger partial charge in [-0.05, 0) is 63.0 Å². The van der Waals surface area contributed by atoms with Crippen LogP contribution in [0.25, 0.3) is 27.8 Å². The molecule has 0 saturated carbocycles. The van der Waals surface area contributed by atoms with Gasteiger partial charge in [0.05, 0.1) is 5.52 Å². The van der Waals surface area contributed by atoms with Crippen molar-refractivity contribution in [2.45, 2.75) is 38.1 Å². The summed E-state index contributed by atoms with van der Waals surface area (Å²) in [6.07, 6.45) is 6.33. The van der Waals surface area contributed by atoms with Gasteiger partial charge in [0, 0.05) is 30.1 Å². The second kappa shape index (κ2) is 8.13. The maximum atomic E-state index is 14.5. The zero-order valence-corrected chi connectivity index (χ0v) is 18.1. The maximum absolute atomic E-state index is 14.5. The van der Waals surface area contributed by atoms with E-state index in [0.29, 0.717) is 22.9 Å². The van der Waals surface area contributed by atoms with Crippen LogP contribution in [0.4, 0.5) is 10.2 Å². The molecule has 0 atom stereocenters. The summed E-state index contributed by atoms with van der Waals surface area (Å²) in [5, 5.41) is 9.71. The predicted octanol–water partition coefficient (Wildman–Crippen LogP) is 4.54. The number of hydrogen-bond acceptors (Lipinski definition) is 5. The summed E-state index contributed by atoms with van der Waals surface area (Å²) in [4.78, 5) is 10.1. The van der Waals surface area contributed by atoms with Crippen molar-refractivity contribution in [3.63, 3.8) is 0 Å². The molecule has 164 valence electrons. The lowest BCUT2D eigenvalue weighted by Crippen LogP contribution is -2.47. The highest BCUT2D eigenvalue weighted by Gasteiger charge is 2.28. The quantitative estimate of drug-likeness (QED) is 0.478. The average molecular weight is 431 g/mol. The summed E-state index contributed by atoms with van der Waals surface area (Å²) < 4.78 is 16.3. The van der Waals surface area contributed by atoms with Gasteiger partial charge in [-0.2, -0.15) is 4.52 Å². The van der Waals surface area contributed by atoms with Crippen molar-refractivity contribution in [3.8, 4) is 11.3 Å². The van der Waals surface area contributed by atoms with Crippen LogP contribution in [-0.4, -0.2) is 56.9 Å². The Labute approximate surface area is 186 Å². The van der Waals surface area contributed by atoms with Gasteiger partial charge in [-0.1, -0.05) is 35.9 Å². The molecular formula is C25H27FN6. The molecule has 0 bridgehead atoms. The number of para-hydroxylation sites is 1. The summed E-state index contributed by atoms with van der Waals surface area (Å²) >= 11 is 0. The van der Waals surface area contributed by atoms with Gasteiger partial charge < -0.3 is 9.80 Å². The zero-order valence-electron chi connectivity index (χ0n) is 18.1. The molecule has 0 aliphatic carbocycles. The number of likely N-dealkylation sites (tertiary alicyclic amines) is 1. The Balaban J connectivity index is 1.40. The fourth-order valence-corrected chi connectivity index (χ4v) is 5.34. The summed E-state index contributed by atoms with van der Waals surface area (Å²) in [6.45, 7) is 4.44. The second-order valence-corrected chi connectivity index (χ2v) is 8.92. The normalized spacial score (nSPS) is 18.6. The number of aromatic nitrogens is 4. The highest BCUT2D eigenvalue weighted by atomic mass is 19.1. The molecule has 4 aromatic rings. The van der Waals surface area contributed by atoms with Gasteiger partial charge >= 0.3 is 0 Å². The molecule has 0 unspecified atom stereocenters. The molecule has 0 N–H and O–H groups in total. The molecule has 2 saturated heterocycles. The van der Waals surface area contributed by atoms with Gasteiger partial charge in [0.25, 0.3) is 0 Å². The van der Waals surface area contributed by atoms with Crippen LogP contribution in [0.15, 0.2) is 48.5 Å². The van der Waals surface area contributed by atoms with E-state index in [1.165, 1.54) is 38.4 Å². The first-order chi connectivity index (χ1) is 15.8. The van der Waals surface area contributed by atoms with Crippen LogP contribution in [0, 0.1) is 5.82 Å². The number of benzene rings is 2. The lowest BCUT2D eigenvalue weighted by molar-refractivity contribution is 0.141. The van der Waals surface area contributed by atoms with E-state index in [2.05, 4.69) is 26.2 Å². The van der Waals surface area contributed by atoms with E-state index in [4.69, 9.17) is 4.98 Å². The zero-order chi connectivity index (χ0) is 21.5. The maximum Gasteiger partial charge on any atom is 0.186 e. The number of hydrogen-bond donors (Lipinski definition) is 0. The fourth-order valence-electron chi connectivity index (χ4n) is 5.34. The molecule has 2 fully saturated rings. The molecule has 4 heterocycles. The third-order valence-electron chi connectivity index (χ3n) is 7.03. The molecule has 32 heavy (non-hydrogen) atoms. The summed E-state index contributed by atoms with van der Waals surface area (Å²) in [5.74, 6) is 0.638. The number of rotatable bonds is 3. The number of anilines is 1. The average Bonchev–Trinajstić information content (AvgIpc) is 3.28. The number of piperidine rings is 2. The number of fused-ring (bicyclic) bond motifs is 3. The monoisotopic (exact) mass is 430 g/mol. The van der Waals surface area contributed by atoms with E-state index >= 15 is 0 Å². The molecule has 6 nitrogen and oxygen atoms in total. The van der Waals surface area contributed by atoms with Crippen LogP contribution in [0.2, 0.25) is 0 Å². The molecule has 2 aromatic heterocycles. The van der Waals surface area contributed by atoms with Crippen LogP contribution >= 0.6 is 0 Å². The highest BCUT2D eigenvalue weighted by molar-refractivity contribution is 5.93. The third-order valence-corrected chi connectivity index (χ3v) is 7.03. The Morgan fingerprint density at radius 3 is 2.41 bits per heavy atom. The van der Waals surface area contributed by atoms with Crippen molar-refractivity contribution in [3.05, 3.63) is 54.3 Å². The Kier molecular flexibility index (Phi) is 4.98. The van der Waals surface area contributed by atoms with Crippen LogP contribution in [0.1, 0.15) is 32.1 Å². The van der Waals surface area contributed by atoms with E-state index < -0.39 is 0 Å². The van der Waals surface area contributed by atoms with Crippen LogP contribution in [-0.2, 0) is 0 Å². The molecular weight excluding hydrogens is 403 g/mol. The minimum Gasteiger partial charge on any atom is -0.356 e. The minimum atomic E-state index is -0.311. The van der Waals surface area contributed by atoms with Crippen LogP contribution in [0.5, 0.6) is 0 Å². The topological polar surface area (TPSA) is 49.6 Å². The molecule has 2 aliphatic heterocycles. The van der Waals surface area contributed by atoms with Crippen LogP contribution in [0.3, 0.4) is 0 Å². The predicted molar refractivity (Wildman–Crippen MR) is 124 cm³/mol. The SMILES string of the molecule is Fc1ccccc1-c1nnn2c1nc(N1CCC(N3CCCCC3)CC1)c1ccccc12. The molecule has 0 amide bonds. The Hall–Kier alpha value is -3.06. The molecule has 0 spiro atoms. The Morgan fingerprint density at radius 1 is 0.844 bits per heavy atom. The first-order valence-electron chi connectivity index (χ1n) is 11.7. The molecule has 2 aromatic carbocycles. The van der Waals surface area contributed by atoms with Gasteiger partial charge in [-0.3, -0.25) is 0 Å². The first-order valence-corrected chi connectivity index (χ1v) is 11.7. The second-order valence-electron chi connectivity index (χ2n) is 8.92. The number of nitrogens with zero attached hydrogens (tertiary/aromatic N) is 6. The largest absolute Gasteiger partial charge is 0.356 e. The summed E-state index contributed by atoms with van der Waals surface area (Å²) in [7, 11) is 0. The number of halogens is 1. The van der Waals surface area contributed by atoms with Gasteiger partial charge in [0.1, 0.15) is 17.3 Å². The van der Waals surface area contributed by atoms with Crippen molar-refractivity contribution in [2.75, 3.05) is 31.1 Å². The van der Waals surface area contributed by atoms with E-state index in [9.17, 15) is 4.39 Å². The third kappa shape index (κ3) is 3.32. The van der Waals surface area contributed by atoms with Gasteiger partial charge in [0.2, 0.25) is 0 Å². The van der Waals surface area contributed by atoms with E-state index in [1.807, 2.05) is 24.3 Å². The van der Waals surface area contributed by atoms with Crippen LogP contribution < -0.4 is 4.90 Å². The Morgan fingerprint density at radius 2 is 1.59 bits per heavy atom. The van der Waals surface area contributed by atoms with E-state index in [0.717, 1.165) is 42.7 Å². The molecule has 2 aliphatic rings. The lowest BCUT2D eigenvalue weighted by Gasteiger charge is -2.40. The summed E-state index contributed by atoms with van der Waals surface area (Å²) in [5.41, 5.74) is 2.46. The van der Waals surface area contributed by atoms with Gasteiger partial charge in [-0.25, -0.2) is 9.37 Å². The van der Waals surface area contributed by atoms with Crippen molar-refractivity contribution >= 4 is 22.4 Å². The van der Waals surface area contributed by atoms with Gasteiger partial charge in [0.15, 0.2) is 5.65 Å². The Bertz CT molecular complexity index is 1250. The standard InChI is InChI=1S/C25H27FN6/c26-21-10-4-2-8-19(21)23-25-27-24(20-9-3-5-11-22(20)32(25)29-28-23)31-16-12-18(13-17-31)30-14-6-1-7-15-30/h2-5,8-11,18H,1,6-7,12-17H2. The minimum absolute atomic E-state index is 0.311. The molecule has 6 rings (SSSR count). The smallest absolute Gasteiger partial charge is 0.186 e. The van der Waals surface area contributed by atoms with Crippen molar-refractivity contribution in [1.82, 2.24) is 24.7 Å². The highest BCUT2D eigenvalue weighted by Crippen LogP contribution is 2.32. The summed E-state index contributed by atoms with van der Waals surface area (Å²) in [6, 6.07) is 15.5. The van der Waals surface area contributed by atoms with Crippen molar-refractivity contribution in [1.29, 1.82) is 0 Å². The molecule has 0 radical (unpaired) electrons. The fraction of sp³-hybridized carbons (Fsp3) is 0.400. The van der Waals surface area contributed by atoms with Gasteiger partial charge in [-0.15, -0.1) is 5.10 Å². The first kappa shape index (κ1) is 19.6. The lowest BCUT2D eigenvalue weighted by atomic mass is 9.99. The van der Waals surface area contributed by atoms with Crippen molar-refractivity contribution < 1.29 is 4.39 Å². The molecule has 7 heteroatoms. The van der Waals surface area contributed by atoms with E-state index in [1.54, 1.807) is 16.6 Å². The van der Waals surface area contributed by atoms with E-state index in [-0.39, 0.29) is 5.82 Å². The van der Waals surface area contributed by atoms with Crippen molar-refractivity contribution in [2.24, 2.45) is 0 Å².